The molecule has 1 rings (SSSR count). The zero-order valence-corrected chi connectivity index (χ0v) is 7.80. The van der Waals surface area contributed by atoms with Crippen molar-refractivity contribution in [2.45, 2.75) is 19.6 Å². The van der Waals surface area contributed by atoms with Gasteiger partial charge >= 0.3 is 6.18 Å². The van der Waals surface area contributed by atoms with Crippen molar-refractivity contribution in [3.05, 3.63) is 16.1 Å². The van der Waals surface area contributed by atoms with Gasteiger partial charge in [0.25, 0.3) is 0 Å². The van der Waals surface area contributed by atoms with Crippen molar-refractivity contribution in [1.29, 1.82) is 0 Å². The molecule has 0 aliphatic heterocycles. The summed E-state index contributed by atoms with van der Waals surface area (Å²) < 4.78 is 35.0. The fourth-order valence-corrected chi connectivity index (χ4v) is 1.43. The van der Waals surface area contributed by atoms with Crippen molar-refractivity contribution in [2.75, 3.05) is 6.54 Å². The van der Waals surface area contributed by atoms with E-state index in [1.165, 1.54) is 11.3 Å². The van der Waals surface area contributed by atoms with Crippen LogP contribution < -0.4 is 5.32 Å². The molecule has 74 valence electrons. The van der Waals surface area contributed by atoms with E-state index in [0.717, 1.165) is 5.01 Å². The predicted molar refractivity (Wildman–Crippen MR) is 44.6 cm³/mol. The summed E-state index contributed by atoms with van der Waals surface area (Å²) in [6.07, 6.45) is -4.15. The number of rotatable bonds is 3. The number of aromatic nitrogens is 1. The van der Waals surface area contributed by atoms with E-state index in [9.17, 15) is 13.2 Å². The number of nitrogens with zero attached hydrogens (tertiary/aromatic N) is 1. The molecule has 1 N–H and O–H groups in total. The molecule has 0 bridgehead atoms. The van der Waals surface area contributed by atoms with E-state index in [-0.39, 0.29) is 6.54 Å². The number of hydrogen-bond donors (Lipinski definition) is 1. The highest BCUT2D eigenvalue weighted by atomic mass is 32.1. The molecule has 6 heteroatoms. The minimum Gasteiger partial charge on any atom is -0.303 e. The Morgan fingerprint density at radius 3 is 2.69 bits per heavy atom. The molecule has 0 aromatic carbocycles. The van der Waals surface area contributed by atoms with Crippen LogP contribution in [0.3, 0.4) is 0 Å². The molecule has 0 spiro atoms. The van der Waals surface area contributed by atoms with Crippen LogP contribution in [0.25, 0.3) is 0 Å². The van der Waals surface area contributed by atoms with Crippen molar-refractivity contribution in [1.82, 2.24) is 10.3 Å². The number of hydrogen-bond acceptors (Lipinski definition) is 3. The molecule has 0 saturated heterocycles. The molecule has 1 aromatic heterocycles. The summed E-state index contributed by atoms with van der Waals surface area (Å²) in [5.74, 6) is 0. The summed E-state index contributed by atoms with van der Waals surface area (Å²) >= 11 is 1.43. The van der Waals surface area contributed by atoms with Crippen molar-refractivity contribution < 1.29 is 13.2 Å². The van der Waals surface area contributed by atoms with Crippen LogP contribution in [0.15, 0.2) is 5.38 Å². The van der Waals surface area contributed by atoms with Crippen molar-refractivity contribution in [3.63, 3.8) is 0 Å². The third kappa shape index (κ3) is 4.23. The van der Waals surface area contributed by atoms with Crippen LogP contribution in [-0.4, -0.2) is 17.7 Å². The summed E-state index contributed by atoms with van der Waals surface area (Å²) in [6, 6.07) is 0. The van der Waals surface area contributed by atoms with Crippen LogP contribution in [0.4, 0.5) is 13.2 Å². The van der Waals surface area contributed by atoms with Gasteiger partial charge in [-0.05, 0) is 6.92 Å². The minimum atomic E-state index is -4.15. The molecular weight excluding hydrogens is 201 g/mol. The average molecular weight is 210 g/mol. The average Bonchev–Trinajstić information content (AvgIpc) is 2.33. The van der Waals surface area contributed by atoms with Gasteiger partial charge in [-0.15, -0.1) is 11.3 Å². The Morgan fingerprint density at radius 1 is 1.54 bits per heavy atom. The second-order valence-electron chi connectivity index (χ2n) is 2.58. The largest absolute Gasteiger partial charge is 0.401 e. The van der Waals surface area contributed by atoms with Crippen molar-refractivity contribution in [2.24, 2.45) is 0 Å². The minimum absolute atomic E-state index is 0.170. The highest BCUT2D eigenvalue weighted by Crippen LogP contribution is 2.13. The van der Waals surface area contributed by atoms with E-state index >= 15 is 0 Å². The molecule has 0 aliphatic carbocycles. The Bertz CT molecular complexity index is 269. The van der Waals surface area contributed by atoms with E-state index < -0.39 is 12.7 Å². The van der Waals surface area contributed by atoms with E-state index in [1.54, 1.807) is 5.38 Å². The van der Waals surface area contributed by atoms with Gasteiger partial charge in [0.05, 0.1) is 17.2 Å². The lowest BCUT2D eigenvalue weighted by Crippen LogP contribution is -2.28. The molecule has 13 heavy (non-hydrogen) atoms. The molecule has 1 heterocycles. The van der Waals surface area contributed by atoms with Gasteiger partial charge in [-0.1, -0.05) is 0 Å². The number of alkyl halides is 3. The molecule has 0 radical (unpaired) electrons. The second-order valence-corrected chi connectivity index (χ2v) is 3.64. The molecule has 0 atom stereocenters. The van der Waals surface area contributed by atoms with Crippen molar-refractivity contribution >= 4 is 11.3 Å². The fraction of sp³-hybridized carbons (Fsp3) is 0.571. The Morgan fingerprint density at radius 2 is 2.23 bits per heavy atom. The van der Waals surface area contributed by atoms with Gasteiger partial charge in [0.15, 0.2) is 0 Å². The molecule has 2 nitrogen and oxygen atoms in total. The van der Waals surface area contributed by atoms with E-state index in [4.69, 9.17) is 0 Å². The van der Waals surface area contributed by atoms with Gasteiger partial charge in [0.2, 0.25) is 0 Å². The van der Waals surface area contributed by atoms with E-state index in [1.807, 2.05) is 6.92 Å². The third-order valence-corrected chi connectivity index (χ3v) is 2.12. The van der Waals surface area contributed by atoms with E-state index in [2.05, 4.69) is 10.3 Å². The quantitative estimate of drug-likeness (QED) is 0.826. The molecule has 0 aliphatic rings. The molecule has 0 fully saturated rings. The maximum Gasteiger partial charge on any atom is 0.401 e. The number of nitrogens with one attached hydrogen (secondary N) is 1. The maximum atomic E-state index is 11.7. The Labute approximate surface area is 77.8 Å². The SMILES string of the molecule is Cc1nc(CNCC(F)(F)F)cs1. The van der Waals surface area contributed by atoms with Gasteiger partial charge in [-0.25, -0.2) is 4.98 Å². The number of aryl methyl sites for hydroxylation is 1. The van der Waals surface area contributed by atoms with Crippen LogP contribution in [0, 0.1) is 6.92 Å². The molecule has 0 amide bonds. The Hall–Kier alpha value is -0.620. The first-order chi connectivity index (χ1) is 5.97. The first-order valence-corrected chi connectivity index (χ1v) is 4.54. The predicted octanol–water partition coefficient (Wildman–Crippen LogP) is 2.10. The Kier molecular flexibility index (Phi) is 3.27. The summed E-state index contributed by atoms with van der Waals surface area (Å²) in [6.45, 7) is 1.02. The zero-order valence-electron chi connectivity index (χ0n) is 6.98. The lowest BCUT2D eigenvalue weighted by Gasteiger charge is -2.05. The first kappa shape index (κ1) is 10.5. The molecule has 1 aromatic rings. The van der Waals surface area contributed by atoms with Crippen LogP contribution in [0.5, 0.6) is 0 Å². The van der Waals surface area contributed by atoms with Crippen LogP contribution in [0.1, 0.15) is 10.7 Å². The summed E-state index contributed by atoms with van der Waals surface area (Å²) in [5.41, 5.74) is 0.659. The van der Waals surface area contributed by atoms with Gasteiger partial charge in [0.1, 0.15) is 0 Å². The van der Waals surface area contributed by atoms with Gasteiger partial charge in [-0.3, -0.25) is 0 Å². The van der Waals surface area contributed by atoms with Crippen LogP contribution in [-0.2, 0) is 6.54 Å². The zero-order chi connectivity index (χ0) is 9.90. The monoisotopic (exact) mass is 210 g/mol. The molecule has 0 saturated carbocycles. The third-order valence-electron chi connectivity index (χ3n) is 1.30. The summed E-state index contributed by atoms with van der Waals surface area (Å²) in [7, 11) is 0. The maximum absolute atomic E-state index is 11.7. The van der Waals surface area contributed by atoms with Gasteiger partial charge in [0, 0.05) is 11.9 Å². The lowest BCUT2D eigenvalue weighted by atomic mass is 10.4. The standard InChI is InChI=1S/C7H9F3N2S/c1-5-12-6(3-13-5)2-11-4-7(8,9)10/h3,11H,2,4H2,1H3. The lowest BCUT2D eigenvalue weighted by molar-refractivity contribution is -0.125. The van der Waals surface area contributed by atoms with E-state index in [0.29, 0.717) is 5.69 Å². The smallest absolute Gasteiger partial charge is 0.303 e. The molecular formula is C7H9F3N2S. The Balaban J connectivity index is 2.28. The highest BCUT2D eigenvalue weighted by Gasteiger charge is 2.26. The fourth-order valence-electron chi connectivity index (χ4n) is 0.822. The summed E-state index contributed by atoms with van der Waals surface area (Å²) in [4.78, 5) is 4.02. The number of thiazole rings is 1. The van der Waals surface area contributed by atoms with Gasteiger partial charge in [-0.2, -0.15) is 13.2 Å². The molecule has 0 unspecified atom stereocenters. The number of halogens is 3. The highest BCUT2D eigenvalue weighted by molar-refractivity contribution is 7.09. The van der Waals surface area contributed by atoms with Crippen LogP contribution in [0.2, 0.25) is 0 Å². The topological polar surface area (TPSA) is 24.9 Å². The first-order valence-electron chi connectivity index (χ1n) is 3.66. The second kappa shape index (κ2) is 4.06. The van der Waals surface area contributed by atoms with Crippen LogP contribution >= 0.6 is 11.3 Å². The van der Waals surface area contributed by atoms with Crippen molar-refractivity contribution in [3.8, 4) is 0 Å². The van der Waals surface area contributed by atoms with Gasteiger partial charge < -0.3 is 5.32 Å². The normalized spacial score (nSPS) is 12.0. The summed E-state index contributed by atoms with van der Waals surface area (Å²) in [5, 5.41) is 4.89.